The Bertz CT molecular complexity index is 920. The van der Waals surface area contributed by atoms with Crippen LogP contribution in [0, 0.1) is 24.2 Å². The van der Waals surface area contributed by atoms with Crippen LogP contribution in [0.4, 0.5) is 5.82 Å². The molecule has 3 rings (SSSR count). The van der Waals surface area contributed by atoms with Crippen molar-refractivity contribution in [1.82, 2.24) is 9.38 Å². The molecule has 0 aliphatic rings. The van der Waals surface area contributed by atoms with Crippen molar-refractivity contribution in [3.05, 3.63) is 41.5 Å². The molecule has 0 amide bonds. The van der Waals surface area contributed by atoms with E-state index in [9.17, 15) is 10.4 Å². The molecule has 0 saturated heterocycles. The number of hydrogen-bond donors (Lipinski definition) is 2. The number of imidazole rings is 1. The van der Waals surface area contributed by atoms with Crippen LogP contribution < -0.4 is 5.32 Å². The van der Waals surface area contributed by atoms with Crippen molar-refractivity contribution in [1.29, 1.82) is 5.26 Å². The second kappa shape index (κ2) is 6.50. The van der Waals surface area contributed by atoms with E-state index in [4.69, 9.17) is 0 Å². The van der Waals surface area contributed by atoms with Crippen molar-refractivity contribution in [3.8, 4) is 6.07 Å². The summed E-state index contributed by atoms with van der Waals surface area (Å²) in [6.45, 7) is 6.56. The van der Waals surface area contributed by atoms with E-state index in [0.717, 1.165) is 28.8 Å². The Morgan fingerprint density at radius 3 is 2.79 bits per heavy atom. The Morgan fingerprint density at radius 2 is 2.08 bits per heavy atom. The topological polar surface area (TPSA) is 73.3 Å². The van der Waals surface area contributed by atoms with Gasteiger partial charge >= 0.3 is 0 Å². The molecular weight excluding hydrogens is 300 g/mol. The van der Waals surface area contributed by atoms with Crippen LogP contribution in [0.2, 0.25) is 0 Å². The lowest BCUT2D eigenvalue weighted by atomic mass is 10.1. The Morgan fingerprint density at radius 1 is 1.33 bits per heavy atom. The van der Waals surface area contributed by atoms with Gasteiger partial charge in [-0.2, -0.15) is 5.26 Å². The lowest BCUT2D eigenvalue weighted by Crippen LogP contribution is -2.22. The lowest BCUT2D eigenvalue weighted by molar-refractivity contribution is 0.161. The minimum absolute atomic E-state index is 0.411. The second-order valence-electron chi connectivity index (χ2n) is 6.62. The predicted octanol–water partition coefficient (Wildman–Crippen LogP) is 3.49. The minimum atomic E-state index is -0.411. The number of aryl methyl sites for hydroxylation is 1. The standard InChI is InChI=1S/C19H22N4O/c1-12(2)8-14(24)11-21-18-9-13(3)15(10-20)19-22-16-6-4-5-7-17(16)23(18)19/h4-7,9,12,14,21,24H,8,11H2,1-3H3. The number of nitrogens with zero attached hydrogens (tertiary/aromatic N) is 3. The van der Waals surface area contributed by atoms with Gasteiger partial charge in [0.25, 0.3) is 0 Å². The number of aliphatic hydroxyl groups excluding tert-OH is 1. The van der Waals surface area contributed by atoms with E-state index in [-0.39, 0.29) is 0 Å². The number of aliphatic hydroxyl groups is 1. The van der Waals surface area contributed by atoms with E-state index in [1.165, 1.54) is 0 Å². The summed E-state index contributed by atoms with van der Waals surface area (Å²) >= 11 is 0. The Balaban J connectivity index is 2.09. The normalized spacial score (nSPS) is 12.7. The van der Waals surface area contributed by atoms with Crippen LogP contribution in [0.5, 0.6) is 0 Å². The molecule has 0 aliphatic heterocycles. The van der Waals surface area contributed by atoms with Gasteiger partial charge in [-0.1, -0.05) is 26.0 Å². The van der Waals surface area contributed by atoms with Crippen LogP contribution in [-0.2, 0) is 0 Å². The van der Waals surface area contributed by atoms with Crippen molar-refractivity contribution >= 4 is 22.5 Å². The van der Waals surface area contributed by atoms with E-state index in [1.807, 2.05) is 41.7 Å². The predicted molar refractivity (Wildman–Crippen MR) is 96.1 cm³/mol. The molecule has 5 heteroatoms. The SMILES string of the molecule is Cc1cc(NCC(O)CC(C)C)n2c(nc3ccccc32)c1C#N. The molecule has 0 spiro atoms. The first-order valence-corrected chi connectivity index (χ1v) is 8.24. The molecule has 1 atom stereocenters. The molecule has 0 fully saturated rings. The van der Waals surface area contributed by atoms with Crippen molar-refractivity contribution in [3.63, 3.8) is 0 Å². The molecule has 0 saturated carbocycles. The molecule has 124 valence electrons. The van der Waals surface area contributed by atoms with Gasteiger partial charge in [-0.25, -0.2) is 4.98 Å². The molecule has 1 aromatic carbocycles. The number of nitrogens with one attached hydrogen (secondary N) is 1. The summed E-state index contributed by atoms with van der Waals surface area (Å²) in [5, 5.41) is 23.0. The fourth-order valence-electron chi connectivity index (χ4n) is 3.07. The average Bonchev–Trinajstić information content (AvgIpc) is 2.91. The number of benzene rings is 1. The van der Waals surface area contributed by atoms with E-state index < -0.39 is 6.10 Å². The summed E-state index contributed by atoms with van der Waals surface area (Å²) in [4.78, 5) is 4.62. The molecule has 0 aliphatic carbocycles. The smallest absolute Gasteiger partial charge is 0.157 e. The second-order valence-corrected chi connectivity index (χ2v) is 6.62. The summed E-state index contributed by atoms with van der Waals surface area (Å²) in [5.74, 6) is 1.29. The number of anilines is 1. The average molecular weight is 322 g/mol. The van der Waals surface area contributed by atoms with Gasteiger partial charge in [-0.15, -0.1) is 0 Å². The van der Waals surface area contributed by atoms with E-state index in [0.29, 0.717) is 23.7 Å². The third kappa shape index (κ3) is 2.93. The van der Waals surface area contributed by atoms with Crippen LogP contribution in [0.15, 0.2) is 30.3 Å². The molecule has 0 bridgehead atoms. The van der Waals surface area contributed by atoms with Gasteiger partial charge in [0.1, 0.15) is 11.9 Å². The summed E-state index contributed by atoms with van der Waals surface area (Å²) in [7, 11) is 0. The largest absolute Gasteiger partial charge is 0.391 e. The van der Waals surface area contributed by atoms with Crippen LogP contribution in [0.25, 0.3) is 16.7 Å². The van der Waals surface area contributed by atoms with Gasteiger partial charge in [-0.05, 0) is 43.0 Å². The van der Waals surface area contributed by atoms with E-state index >= 15 is 0 Å². The maximum absolute atomic E-state index is 10.1. The number of fused-ring (bicyclic) bond motifs is 3. The maximum atomic E-state index is 10.1. The minimum Gasteiger partial charge on any atom is -0.391 e. The van der Waals surface area contributed by atoms with Crippen LogP contribution in [0.1, 0.15) is 31.4 Å². The number of nitriles is 1. The number of hydrogen-bond acceptors (Lipinski definition) is 4. The number of rotatable bonds is 5. The lowest BCUT2D eigenvalue weighted by Gasteiger charge is -2.17. The summed E-state index contributed by atoms with van der Waals surface area (Å²) < 4.78 is 1.96. The third-order valence-electron chi connectivity index (χ3n) is 4.15. The zero-order valence-corrected chi connectivity index (χ0v) is 14.2. The highest BCUT2D eigenvalue weighted by atomic mass is 16.3. The third-order valence-corrected chi connectivity index (χ3v) is 4.15. The van der Waals surface area contributed by atoms with Crippen LogP contribution in [-0.4, -0.2) is 27.1 Å². The highest BCUT2D eigenvalue weighted by Crippen LogP contribution is 2.26. The van der Waals surface area contributed by atoms with Gasteiger partial charge < -0.3 is 10.4 Å². The maximum Gasteiger partial charge on any atom is 0.157 e. The molecule has 3 aromatic rings. The van der Waals surface area contributed by atoms with Gasteiger partial charge in [0, 0.05) is 6.54 Å². The van der Waals surface area contributed by atoms with Crippen molar-refractivity contribution in [2.75, 3.05) is 11.9 Å². The molecular formula is C19H22N4O. The molecule has 5 nitrogen and oxygen atoms in total. The zero-order valence-electron chi connectivity index (χ0n) is 14.2. The highest BCUT2D eigenvalue weighted by molar-refractivity contribution is 5.85. The zero-order chi connectivity index (χ0) is 17.3. The monoisotopic (exact) mass is 322 g/mol. The van der Waals surface area contributed by atoms with Crippen molar-refractivity contribution in [2.45, 2.75) is 33.3 Å². The van der Waals surface area contributed by atoms with Crippen molar-refractivity contribution < 1.29 is 5.11 Å². The first-order chi connectivity index (χ1) is 11.5. The van der Waals surface area contributed by atoms with Gasteiger partial charge in [0.15, 0.2) is 5.65 Å². The van der Waals surface area contributed by atoms with Crippen molar-refractivity contribution in [2.24, 2.45) is 5.92 Å². The molecule has 1 unspecified atom stereocenters. The van der Waals surface area contributed by atoms with E-state index in [1.54, 1.807) is 0 Å². The van der Waals surface area contributed by atoms with E-state index in [2.05, 4.69) is 30.2 Å². The Hall–Kier alpha value is -2.58. The van der Waals surface area contributed by atoms with Gasteiger partial charge in [0.05, 0.1) is 22.7 Å². The Kier molecular flexibility index (Phi) is 4.41. The fraction of sp³-hybridized carbons (Fsp3) is 0.368. The highest BCUT2D eigenvalue weighted by Gasteiger charge is 2.15. The van der Waals surface area contributed by atoms with Gasteiger partial charge in [-0.3, -0.25) is 4.40 Å². The quantitative estimate of drug-likeness (QED) is 0.754. The summed E-state index contributed by atoms with van der Waals surface area (Å²) in [6, 6.07) is 12.0. The molecule has 24 heavy (non-hydrogen) atoms. The number of pyridine rings is 1. The molecule has 0 radical (unpaired) electrons. The van der Waals surface area contributed by atoms with Gasteiger partial charge in [0.2, 0.25) is 0 Å². The first kappa shape index (κ1) is 16.3. The first-order valence-electron chi connectivity index (χ1n) is 8.24. The number of aromatic nitrogens is 2. The molecule has 2 heterocycles. The summed E-state index contributed by atoms with van der Waals surface area (Å²) in [5.41, 5.74) is 3.91. The summed E-state index contributed by atoms with van der Waals surface area (Å²) in [6.07, 6.45) is 0.335. The van der Waals surface area contributed by atoms with Crippen LogP contribution >= 0.6 is 0 Å². The fourth-order valence-corrected chi connectivity index (χ4v) is 3.07. The molecule has 2 N–H and O–H groups in total. The Labute approximate surface area is 141 Å². The van der Waals surface area contributed by atoms with Crippen LogP contribution in [0.3, 0.4) is 0 Å². The number of para-hydroxylation sites is 2. The molecule has 2 aromatic heterocycles.